The van der Waals surface area contributed by atoms with Crippen LogP contribution >= 0.6 is 0 Å². The van der Waals surface area contributed by atoms with Crippen molar-refractivity contribution in [2.45, 2.75) is 19.9 Å². The molecule has 106 valence electrons. The number of para-hydroxylation sites is 1. The molecule has 2 rings (SSSR count). The lowest BCUT2D eigenvalue weighted by Gasteiger charge is -2.12. The molecule has 0 spiro atoms. The highest BCUT2D eigenvalue weighted by atomic mass is 16.3. The third kappa shape index (κ3) is 2.32. The standard InChI is InChI=1S/C15H19N3O2/c1-9(8-16)17-10(2)13-14(19)11-6-4-5-7-12(11)18(3)15(13)20/h4-7,9,19H,8,16H2,1-3H3/t9-/m0/s1. The third-order valence-electron chi connectivity index (χ3n) is 3.39. The number of fused-ring (bicyclic) bond motifs is 1. The van der Waals surface area contributed by atoms with Crippen LogP contribution in [0.2, 0.25) is 0 Å². The van der Waals surface area contributed by atoms with Crippen molar-refractivity contribution in [1.29, 1.82) is 0 Å². The largest absolute Gasteiger partial charge is 0.506 e. The Morgan fingerprint density at radius 2 is 2.10 bits per heavy atom. The van der Waals surface area contributed by atoms with E-state index in [4.69, 9.17) is 5.73 Å². The number of hydrogen-bond donors (Lipinski definition) is 2. The van der Waals surface area contributed by atoms with Gasteiger partial charge in [-0.05, 0) is 26.0 Å². The summed E-state index contributed by atoms with van der Waals surface area (Å²) in [7, 11) is 1.69. The van der Waals surface area contributed by atoms with Crippen molar-refractivity contribution in [3.05, 3.63) is 40.2 Å². The van der Waals surface area contributed by atoms with Crippen LogP contribution in [0.25, 0.3) is 10.9 Å². The van der Waals surface area contributed by atoms with Crippen molar-refractivity contribution in [2.24, 2.45) is 17.8 Å². The summed E-state index contributed by atoms with van der Waals surface area (Å²) in [5.41, 5.74) is 6.73. The van der Waals surface area contributed by atoms with Gasteiger partial charge in [-0.15, -0.1) is 0 Å². The van der Waals surface area contributed by atoms with Gasteiger partial charge in [0.2, 0.25) is 0 Å². The molecule has 1 aromatic carbocycles. The summed E-state index contributed by atoms with van der Waals surface area (Å²) in [6.45, 7) is 3.98. The average Bonchev–Trinajstić information content (AvgIpc) is 2.45. The molecule has 5 heteroatoms. The summed E-state index contributed by atoms with van der Waals surface area (Å²) in [6.07, 6.45) is 0. The average molecular weight is 273 g/mol. The second-order valence-electron chi connectivity index (χ2n) is 4.90. The van der Waals surface area contributed by atoms with Gasteiger partial charge in [-0.2, -0.15) is 0 Å². The van der Waals surface area contributed by atoms with Crippen LogP contribution in [-0.2, 0) is 7.05 Å². The minimum Gasteiger partial charge on any atom is -0.506 e. The lowest BCUT2D eigenvalue weighted by molar-refractivity contribution is 0.478. The van der Waals surface area contributed by atoms with Crippen LogP contribution in [0.5, 0.6) is 5.75 Å². The van der Waals surface area contributed by atoms with E-state index >= 15 is 0 Å². The molecule has 0 amide bonds. The molecular weight excluding hydrogens is 254 g/mol. The van der Waals surface area contributed by atoms with Gasteiger partial charge in [0.1, 0.15) is 11.3 Å². The fourth-order valence-corrected chi connectivity index (χ4v) is 2.25. The minimum absolute atomic E-state index is 0.0193. The number of aromatic hydroxyl groups is 1. The van der Waals surface area contributed by atoms with E-state index in [9.17, 15) is 9.90 Å². The van der Waals surface area contributed by atoms with Crippen LogP contribution < -0.4 is 11.3 Å². The predicted molar refractivity (Wildman–Crippen MR) is 81.6 cm³/mol. The van der Waals surface area contributed by atoms with Crippen LogP contribution in [0.4, 0.5) is 0 Å². The number of hydrogen-bond acceptors (Lipinski definition) is 4. The highest BCUT2D eigenvalue weighted by molar-refractivity contribution is 6.05. The minimum atomic E-state index is -0.258. The zero-order valence-electron chi connectivity index (χ0n) is 11.9. The van der Waals surface area contributed by atoms with E-state index in [0.717, 1.165) is 0 Å². The number of nitrogens with zero attached hydrogens (tertiary/aromatic N) is 2. The molecule has 1 aromatic heterocycles. The highest BCUT2D eigenvalue weighted by Gasteiger charge is 2.16. The first kappa shape index (κ1) is 14.3. The number of nitrogens with two attached hydrogens (primary N) is 1. The molecule has 2 aromatic rings. The summed E-state index contributed by atoms with van der Waals surface area (Å²) < 4.78 is 1.52. The van der Waals surface area contributed by atoms with Gasteiger partial charge >= 0.3 is 0 Å². The molecule has 20 heavy (non-hydrogen) atoms. The van der Waals surface area contributed by atoms with E-state index in [0.29, 0.717) is 23.2 Å². The van der Waals surface area contributed by atoms with Crippen LogP contribution in [0, 0.1) is 0 Å². The van der Waals surface area contributed by atoms with Gasteiger partial charge in [0.25, 0.3) is 5.56 Å². The summed E-state index contributed by atoms with van der Waals surface area (Å²) in [5, 5.41) is 11.0. The Labute approximate surface area is 117 Å². The Kier molecular flexibility index (Phi) is 3.90. The molecule has 0 unspecified atom stereocenters. The number of rotatable bonds is 3. The number of aliphatic imine (C=N–C) groups is 1. The maximum atomic E-state index is 12.4. The molecule has 0 aliphatic heterocycles. The molecule has 0 bridgehead atoms. The topological polar surface area (TPSA) is 80.6 Å². The maximum absolute atomic E-state index is 12.4. The molecule has 3 N–H and O–H groups in total. The Balaban J connectivity index is 2.78. The number of aromatic nitrogens is 1. The number of benzene rings is 1. The van der Waals surface area contributed by atoms with Crippen LogP contribution in [-0.4, -0.2) is 28.0 Å². The Morgan fingerprint density at radius 1 is 1.45 bits per heavy atom. The fraction of sp³-hybridized carbons (Fsp3) is 0.333. The van der Waals surface area contributed by atoms with E-state index in [1.54, 1.807) is 26.1 Å². The van der Waals surface area contributed by atoms with E-state index in [2.05, 4.69) is 4.99 Å². The Hall–Kier alpha value is -2.14. The van der Waals surface area contributed by atoms with E-state index in [1.165, 1.54) is 4.57 Å². The maximum Gasteiger partial charge on any atom is 0.263 e. The molecule has 0 saturated carbocycles. The Bertz CT molecular complexity index is 732. The third-order valence-corrected chi connectivity index (χ3v) is 3.39. The van der Waals surface area contributed by atoms with Crippen LogP contribution in [0.1, 0.15) is 19.4 Å². The Morgan fingerprint density at radius 3 is 2.75 bits per heavy atom. The lowest BCUT2D eigenvalue weighted by Crippen LogP contribution is -2.25. The molecule has 1 atom stereocenters. The molecular formula is C15H19N3O2. The van der Waals surface area contributed by atoms with Crippen molar-refractivity contribution in [3.63, 3.8) is 0 Å². The van der Waals surface area contributed by atoms with E-state index < -0.39 is 0 Å². The first-order chi connectivity index (χ1) is 9.47. The normalized spacial score (nSPS) is 13.7. The number of aryl methyl sites for hydroxylation is 1. The van der Waals surface area contributed by atoms with Gasteiger partial charge in [-0.3, -0.25) is 9.79 Å². The molecule has 0 radical (unpaired) electrons. The number of pyridine rings is 1. The lowest BCUT2D eigenvalue weighted by atomic mass is 10.1. The molecule has 0 saturated heterocycles. The van der Waals surface area contributed by atoms with Crippen LogP contribution in [0.3, 0.4) is 0 Å². The van der Waals surface area contributed by atoms with E-state index in [-0.39, 0.29) is 22.9 Å². The van der Waals surface area contributed by atoms with Crippen molar-refractivity contribution < 1.29 is 5.11 Å². The SMILES string of the molecule is CC(=N[C@@H](C)CN)c1c(O)c2ccccc2n(C)c1=O. The first-order valence-electron chi connectivity index (χ1n) is 6.53. The second kappa shape index (κ2) is 5.46. The highest BCUT2D eigenvalue weighted by Crippen LogP contribution is 2.26. The molecule has 0 aliphatic rings. The van der Waals surface area contributed by atoms with Crippen molar-refractivity contribution in [1.82, 2.24) is 4.57 Å². The molecule has 0 aliphatic carbocycles. The van der Waals surface area contributed by atoms with Crippen molar-refractivity contribution in [2.75, 3.05) is 6.54 Å². The summed E-state index contributed by atoms with van der Waals surface area (Å²) in [5.74, 6) is -0.0193. The van der Waals surface area contributed by atoms with Gasteiger partial charge in [-0.1, -0.05) is 12.1 Å². The van der Waals surface area contributed by atoms with Crippen molar-refractivity contribution >= 4 is 16.6 Å². The quantitative estimate of drug-likeness (QED) is 0.829. The summed E-state index contributed by atoms with van der Waals surface area (Å²) in [6, 6.07) is 7.15. The zero-order valence-corrected chi connectivity index (χ0v) is 11.9. The van der Waals surface area contributed by atoms with Crippen molar-refractivity contribution in [3.8, 4) is 5.75 Å². The van der Waals surface area contributed by atoms with E-state index in [1.807, 2.05) is 19.1 Å². The molecule has 5 nitrogen and oxygen atoms in total. The fourth-order valence-electron chi connectivity index (χ4n) is 2.25. The van der Waals surface area contributed by atoms with Gasteiger partial charge in [-0.25, -0.2) is 0 Å². The zero-order chi connectivity index (χ0) is 14.9. The smallest absolute Gasteiger partial charge is 0.263 e. The van der Waals surface area contributed by atoms with Gasteiger partial charge in [0.05, 0.1) is 11.6 Å². The van der Waals surface area contributed by atoms with Gasteiger partial charge in [0.15, 0.2) is 0 Å². The second-order valence-corrected chi connectivity index (χ2v) is 4.90. The molecule has 0 fully saturated rings. The molecule has 1 heterocycles. The summed E-state index contributed by atoms with van der Waals surface area (Å²) >= 11 is 0. The first-order valence-corrected chi connectivity index (χ1v) is 6.53. The van der Waals surface area contributed by atoms with Gasteiger partial charge in [0, 0.05) is 24.7 Å². The predicted octanol–water partition coefficient (Wildman–Crippen LogP) is 1.40. The van der Waals surface area contributed by atoms with Gasteiger partial charge < -0.3 is 15.4 Å². The van der Waals surface area contributed by atoms with Crippen LogP contribution in [0.15, 0.2) is 34.1 Å². The summed E-state index contributed by atoms with van der Waals surface area (Å²) in [4.78, 5) is 16.8. The monoisotopic (exact) mass is 273 g/mol.